The smallest absolute Gasteiger partial charge is 0.118 e. The van der Waals surface area contributed by atoms with Crippen LogP contribution in [0.25, 0.3) is 0 Å². The van der Waals surface area contributed by atoms with Crippen LogP contribution in [0.2, 0.25) is 0 Å². The van der Waals surface area contributed by atoms with Gasteiger partial charge in [0.05, 0.1) is 12.7 Å². The second-order valence-corrected chi connectivity index (χ2v) is 4.71. The Balaban J connectivity index is 2.00. The number of hydrogen-bond acceptors (Lipinski definition) is 4. The van der Waals surface area contributed by atoms with Crippen LogP contribution in [0.1, 0.15) is 11.1 Å². The molecule has 2 aromatic rings. The van der Waals surface area contributed by atoms with Crippen LogP contribution in [-0.4, -0.2) is 12.1 Å². The molecule has 0 radical (unpaired) electrons. The van der Waals surface area contributed by atoms with Crippen molar-refractivity contribution in [3.8, 4) is 11.8 Å². The highest BCUT2D eigenvalue weighted by Gasteiger charge is 1.99. The maximum atomic E-state index is 8.79. The summed E-state index contributed by atoms with van der Waals surface area (Å²) >= 11 is 1.66. The van der Waals surface area contributed by atoms with Crippen LogP contribution in [0, 0.1) is 11.3 Å². The average Bonchev–Trinajstić information content (AvgIpc) is 2.46. The molecule has 18 heavy (non-hydrogen) atoms. The number of ether oxygens (including phenoxy) is 1. The van der Waals surface area contributed by atoms with E-state index in [0.29, 0.717) is 5.56 Å². The fourth-order valence-corrected chi connectivity index (χ4v) is 2.32. The Morgan fingerprint density at radius 3 is 2.72 bits per heavy atom. The molecule has 0 atom stereocenters. The number of benzene rings is 1. The molecule has 0 spiro atoms. The molecule has 1 aromatic heterocycles. The molecule has 0 saturated heterocycles. The summed E-state index contributed by atoms with van der Waals surface area (Å²) in [5.41, 5.74) is 1.80. The number of pyridine rings is 1. The molecule has 4 heteroatoms. The summed E-state index contributed by atoms with van der Waals surface area (Å²) in [6.45, 7) is 0. The number of methoxy groups -OCH3 is 1. The summed E-state index contributed by atoms with van der Waals surface area (Å²) in [4.78, 5) is 5.04. The van der Waals surface area contributed by atoms with Gasteiger partial charge in [-0.25, -0.2) is 0 Å². The van der Waals surface area contributed by atoms with Gasteiger partial charge in [-0.3, -0.25) is 4.98 Å². The van der Waals surface area contributed by atoms with Gasteiger partial charge < -0.3 is 4.74 Å². The number of thioether (sulfide) groups is 1. The Labute approximate surface area is 110 Å². The molecule has 0 N–H and O–H groups in total. The van der Waals surface area contributed by atoms with E-state index in [1.807, 2.05) is 30.3 Å². The highest BCUT2D eigenvalue weighted by molar-refractivity contribution is 7.98. The van der Waals surface area contributed by atoms with Crippen molar-refractivity contribution in [3.05, 3.63) is 53.9 Å². The fourth-order valence-electron chi connectivity index (χ4n) is 1.45. The third-order valence-corrected chi connectivity index (χ3v) is 3.44. The first-order valence-electron chi connectivity index (χ1n) is 5.42. The van der Waals surface area contributed by atoms with Gasteiger partial charge in [-0.1, -0.05) is 12.1 Å². The quantitative estimate of drug-likeness (QED) is 0.788. The highest BCUT2D eigenvalue weighted by atomic mass is 32.2. The fraction of sp³-hybridized carbons (Fsp3) is 0.143. The molecule has 2 rings (SSSR count). The predicted octanol–water partition coefficient (Wildman–Crippen LogP) is 3.25. The largest absolute Gasteiger partial charge is 0.497 e. The van der Waals surface area contributed by atoms with Gasteiger partial charge in [0.1, 0.15) is 11.8 Å². The number of aromatic nitrogens is 1. The van der Waals surface area contributed by atoms with E-state index in [4.69, 9.17) is 10.00 Å². The van der Waals surface area contributed by atoms with Crippen LogP contribution in [-0.2, 0) is 5.75 Å². The molecular weight excluding hydrogens is 244 g/mol. The molecule has 0 aliphatic carbocycles. The lowest BCUT2D eigenvalue weighted by molar-refractivity contribution is 0.414. The van der Waals surface area contributed by atoms with Crippen molar-refractivity contribution < 1.29 is 4.74 Å². The minimum Gasteiger partial charge on any atom is -0.497 e. The molecule has 0 fully saturated rings. The number of rotatable bonds is 4. The first-order chi connectivity index (χ1) is 8.81. The molecule has 3 nitrogen and oxygen atoms in total. The van der Waals surface area contributed by atoms with Gasteiger partial charge in [0.15, 0.2) is 0 Å². The maximum absolute atomic E-state index is 8.79. The summed E-state index contributed by atoms with van der Waals surface area (Å²) in [5.74, 6) is 1.71. The van der Waals surface area contributed by atoms with E-state index in [1.165, 1.54) is 5.56 Å². The van der Waals surface area contributed by atoms with Crippen molar-refractivity contribution in [1.29, 1.82) is 5.26 Å². The Morgan fingerprint density at radius 1 is 1.28 bits per heavy atom. The van der Waals surface area contributed by atoms with E-state index >= 15 is 0 Å². The molecule has 90 valence electrons. The van der Waals surface area contributed by atoms with E-state index < -0.39 is 0 Å². The van der Waals surface area contributed by atoms with E-state index in [2.05, 4.69) is 11.1 Å². The first kappa shape index (κ1) is 12.5. The number of hydrogen-bond donors (Lipinski definition) is 0. The van der Waals surface area contributed by atoms with Crippen molar-refractivity contribution in [2.24, 2.45) is 0 Å². The van der Waals surface area contributed by atoms with E-state index in [-0.39, 0.29) is 0 Å². The first-order valence-corrected chi connectivity index (χ1v) is 6.41. The number of nitrogens with zero attached hydrogens (tertiary/aromatic N) is 2. The van der Waals surface area contributed by atoms with Crippen LogP contribution >= 0.6 is 11.8 Å². The molecule has 0 bridgehead atoms. The van der Waals surface area contributed by atoms with E-state index in [0.717, 1.165) is 16.4 Å². The summed E-state index contributed by atoms with van der Waals surface area (Å²) in [5, 5.41) is 8.79. The summed E-state index contributed by atoms with van der Waals surface area (Å²) < 4.78 is 5.11. The lowest BCUT2D eigenvalue weighted by Crippen LogP contribution is -1.85. The van der Waals surface area contributed by atoms with Gasteiger partial charge in [-0.15, -0.1) is 11.8 Å². The van der Waals surface area contributed by atoms with E-state index in [1.54, 1.807) is 31.3 Å². The topological polar surface area (TPSA) is 45.9 Å². The maximum Gasteiger partial charge on any atom is 0.118 e. The monoisotopic (exact) mass is 256 g/mol. The average molecular weight is 256 g/mol. The van der Waals surface area contributed by atoms with Gasteiger partial charge in [0, 0.05) is 23.0 Å². The van der Waals surface area contributed by atoms with Crippen molar-refractivity contribution in [2.45, 2.75) is 10.6 Å². The second-order valence-electron chi connectivity index (χ2n) is 3.66. The van der Waals surface area contributed by atoms with Gasteiger partial charge in [-0.2, -0.15) is 5.26 Å². The third-order valence-electron chi connectivity index (χ3n) is 2.41. The van der Waals surface area contributed by atoms with Crippen molar-refractivity contribution in [3.63, 3.8) is 0 Å². The van der Waals surface area contributed by atoms with Crippen molar-refractivity contribution in [2.75, 3.05) is 7.11 Å². The minimum atomic E-state index is 0.592. The molecular formula is C14H12N2OS. The SMILES string of the molecule is COc1ccc(CSc2cncc(C#N)c2)cc1. The molecule has 0 amide bonds. The normalized spacial score (nSPS) is 9.78. The van der Waals surface area contributed by atoms with Crippen molar-refractivity contribution >= 4 is 11.8 Å². The van der Waals surface area contributed by atoms with Gasteiger partial charge in [0.2, 0.25) is 0 Å². The van der Waals surface area contributed by atoms with Gasteiger partial charge in [-0.05, 0) is 23.8 Å². The zero-order valence-corrected chi connectivity index (χ0v) is 10.8. The Morgan fingerprint density at radius 2 is 2.06 bits per heavy atom. The Bertz CT molecular complexity index is 561. The molecule has 1 heterocycles. The zero-order valence-electron chi connectivity index (χ0n) is 9.96. The van der Waals surface area contributed by atoms with Crippen LogP contribution in [0.4, 0.5) is 0 Å². The van der Waals surface area contributed by atoms with Gasteiger partial charge >= 0.3 is 0 Å². The minimum absolute atomic E-state index is 0.592. The third kappa shape index (κ3) is 3.25. The van der Waals surface area contributed by atoms with Gasteiger partial charge in [0.25, 0.3) is 0 Å². The van der Waals surface area contributed by atoms with Crippen molar-refractivity contribution in [1.82, 2.24) is 4.98 Å². The Hall–Kier alpha value is -1.99. The molecule has 1 aromatic carbocycles. The number of nitriles is 1. The van der Waals surface area contributed by atoms with E-state index in [9.17, 15) is 0 Å². The van der Waals surface area contributed by atoms with Crippen LogP contribution in [0.15, 0.2) is 47.6 Å². The summed E-state index contributed by atoms with van der Waals surface area (Å²) in [6.07, 6.45) is 3.34. The molecule has 0 aliphatic heterocycles. The molecule has 0 aliphatic rings. The second kappa shape index (κ2) is 6.08. The summed E-state index contributed by atoms with van der Waals surface area (Å²) in [6, 6.07) is 11.9. The molecule has 0 saturated carbocycles. The predicted molar refractivity (Wildman–Crippen MR) is 71.5 cm³/mol. The lowest BCUT2D eigenvalue weighted by Gasteiger charge is -2.03. The standard InChI is InChI=1S/C14H12N2OS/c1-17-13-4-2-11(3-5-13)10-18-14-6-12(7-15)8-16-9-14/h2-6,8-9H,10H2,1H3. The Kier molecular flexibility index (Phi) is 4.21. The highest BCUT2D eigenvalue weighted by Crippen LogP contribution is 2.23. The van der Waals surface area contributed by atoms with Crippen LogP contribution < -0.4 is 4.74 Å². The van der Waals surface area contributed by atoms with Crippen LogP contribution in [0.3, 0.4) is 0 Å². The summed E-state index contributed by atoms with van der Waals surface area (Å²) in [7, 11) is 1.66. The molecule has 0 unspecified atom stereocenters. The zero-order chi connectivity index (χ0) is 12.8. The van der Waals surface area contributed by atoms with Crippen LogP contribution in [0.5, 0.6) is 5.75 Å². The lowest BCUT2D eigenvalue weighted by atomic mass is 10.2.